The van der Waals surface area contributed by atoms with Gasteiger partial charge in [0, 0.05) is 19.3 Å². The largest absolute Gasteiger partial charge is 0.312 e. The fraction of sp³-hybridized carbons (Fsp3) is 0.364. The van der Waals surface area contributed by atoms with Crippen molar-refractivity contribution in [3.05, 3.63) is 35.4 Å². The van der Waals surface area contributed by atoms with E-state index in [-0.39, 0.29) is 5.75 Å². The molecule has 0 amide bonds. The Morgan fingerprint density at radius 2 is 2.19 bits per heavy atom. The predicted molar refractivity (Wildman–Crippen MR) is 62.6 cm³/mol. The van der Waals surface area contributed by atoms with Crippen molar-refractivity contribution >= 4 is 9.84 Å². The number of nitriles is 1. The van der Waals surface area contributed by atoms with E-state index in [1.807, 2.05) is 12.1 Å². The highest BCUT2D eigenvalue weighted by Gasteiger charge is 2.01. The highest BCUT2D eigenvalue weighted by molar-refractivity contribution is 7.90. The molecule has 1 rings (SSSR count). The van der Waals surface area contributed by atoms with E-state index in [1.54, 1.807) is 12.1 Å². The average Bonchev–Trinajstić information content (AvgIpc) is 2.23. The van der Waals surface area contributed by atoms with Gasteiger partial charge in [0.25, 0.3) is 0 Å². The van der Waals surface area contributed by atoms with E-state index in [9.17, 15) is 8.42 Å². The van der Waals surface area contributed by atoms with Crippen molar-refractivity contribution in [1.29, 1.82) is 5.26 Å². The van der Waals surface area contributed by atoms with Crippen LogP contribution in [0.3, 0.4) is 0 Å². The van der Waals surface area contributed by atoms with E-state index in [2.05, 4.69) is 11.4 Å². The van der Waals surface area contributed by atoms with Gasteiger partial charge in [0.1, 0.15) is 9.84 Å². The Kier molecular flexibility index (Phi) is 4.47. The first kappa shape index (κ1) is 12.7. The summed E-state index contributed by atoms with van der Waals surface area (Å²) < 4.78 is 21.7. The smallest absolute Gasteiger partial charge is 0.148 e. The van der Waals surface area contributed by atoms with Crippen LogP contribution in [0.2, 0.25) is 0 Å². The maximum atomic E-state index is 10.9. The van der Waals surface area contributed by atoms with Gasteiger partial charge in [-0.15, -0.1) is 0 Å². The van der Waals surface area contributed by atoms with Gasteiger partial charge in [0.2, 0.25) is 0 Å². The Morgan fingerprint density at radius 3 is 2.81 bits per heavy atom. The molecule has 5 heteroatoms. The molecule has 0 radical (unpaired) electrons. The molecule has 0 bridgehead atoms. The van der Waals surface area contributed by atoms with Gasteiger partial charge in [-0.1, -0.05) is 12.1 Å². The van der Waals surface area contributed by atoms with Crippen LogP contribution in [0, 0.1) is 11.3 Å². The molecule has 0 heterocycles. The van der Waals surface area contributed by atoms with Crippen molar-refractivity contribution in [1.82, 2.24) is 5.32 Å². The van der Waals surface area contributed by atoms with E-state index in [1.165, 1.54) is 6.26 Å². The Balaban J connectivity index is 2.41. The lowest BCUT2D eigenvalue weighted by atomic mass is 10.1. The van der Waals surface area contributed by atoms with Gasteiger partial charge < -0.3 is 5.32 Å². The summed E-state index contributed by atoms with van der Waals surface area (Å²) in [6.07, 6.45) is 1.21. The molecule has 0 aromatic heterocycles. The molecule has 0 aliphatic rings. The maximum Gasteiger partial charge on any atom is 0.148 e. The van der Waals surface area contributed by atoms with E-state index in [0.29, 0.717) is 18.7 Å². The molecule has 0 saturated carbocycles. The van der Waals surface area contributed by atoms with E-state index >= 15 is 0 Å². The molecule has 0 saturated heterocycles. The number of sulfone groups is 1. The predicted octanol–water partition coefficient (Wildman–Crippen LogP) is 0.692. The summed E-state index contributed by atoms with van der Waals surface area (Å²) in [5.41, 5.74) is 1.59. The second kappa shape index (κ2) is 5.64. The monoisotopic (exact) mass is 238 g/mol. The lowest BCUT2D eigenvalue weighted by Gasteiger charge is -2.04. The molecular formula is C11H14N2O2S. The minimum absolute atomic E-state index is 0.130. The third kappa shape index (κ3) is 4.91. The molecule has 1 aromatic rings. The van der Waals surface area contributed by atoms with Crippen LogP contribution < -0.4 is 5.32 Å². The second-order valence-electron chi connectivity index (χ2n) is 3.62. The number of nitrogens with zero attached hydrogens (tertiary/aromatic N) is 1. The lowest BCUT2D eigenvalue weighted by Crippen LogP contribution is -2.21. The zero-order valence-electron chi connectivity index (χ0n) is 9.10. The Morgan fingerprint density at radius 1 is 1.44 bits per heavy atom. The third-order valence-corrected chi connectivity index (χ3v) is 2.98. The second-order valence-corrected chi connectivity index (χ2v) is 5.88. The summed E-state index contributed by atoms with van der Waals surface area (Å²) in [7, 11) is -2.91. The third-order valence-electron chi connectivity index (χ3n) is 2.03. The first-order valence-corrected chi connectivity index (χ1v) is 6.95. The lowest BCUT2D eigenvalue weighted by molar-refractivity contribution is 0.596. The van der Waals surface area contributed by atoms with Gasteiger partial charge in [0.15, 0.2) is 0 Å². The molecule has 16 heavy (non-hydrogen) atoms. The van der Waals surface area contributed by atoms with Crippen molar-refractivity contribution in [3.8, 4) is 6.07 Å². The van der Waals surface area contributed by atoms with Crippen molar-refractivity contribution in [2.75, 3.05) is 18.6 Å². The van der Waals surface area contributed by atoms with Crippen molar-refractivity contribution in [2.24, 2.45) is 0 Å². The molecule has 4 nitrogen and oxygen atoms in total. The van der Waals surface area contributed by atoms with Crippen molar-refractivity contribution in [2.45, 2.75) is 6.54 Å². The topological polar surface area (TPSA) is 70.0 Å². The number of rotatable bonds is 5. The van der Waals surface area contributed by atoms with Gasteiger partial charge in [-0.3, -0.25) is 0 Å². The molecule has 0 fully saturated rings. The zero-order valence-corrected chi connectivity index (χ0v) is 9.92. The first-order chi connectivity index (χ1) is 7.51. The van der Waals surface area contributed by atoms with Gasteiger partial charge >= 0.3 is 0 Å². The summed E-state index contributed by atoms with van der Waals surface area (Å²) in [5, 5.41) is 11.7. The summed E-state index contributed by atoms with van der Waals surface area (Å²) in [4.78, 5) is 0. The van der Waals surface area contributed by atoms with Crippen LogP contribution in [-0.2, 0) is 16.4 Å². The van der Waals surface area contributed by atoms with Gasteiger partial charge in [0.05, 0.1) is 17.4 Å². The normalized spacial score (nSPS) is 11.0. The summed E-state index contributed by atoms with van der Waals surface area (Å²) in [6, 6.07) is 9.29. The Labute approximate surface area is 95.8 Å². The van der Waals surface area contributed by atoms with E-state index in [0.717, 1.165) is 5.56 Å². The van der Waals surface area contributed by atoms with Gasteiger partial charge in [-0.25, -0.2) is 8.42 Å². The van der Waals surface area contributed by atoms with Gasteiger partial charge in [-0.2, -0.15) is 5.26 Å². The molecule has 0 spiro atoms. The SMILES string of the molecule is CS(=O)(=O)CCNCc1cccc(C#N)c1. The molecule has 0 aliphatic heterocycles. The van der Waals surface area contributed by atoms with Crippen molar-refractivity contribution < 1.29 is 8.42 Å². The standard InChI is InChI=1S/C11H14N2O2S/c1-16(14,15)6-5-13-9-11-4-2-3-10(7-11)8-12/h2-4,7,13H,5-6,9H2,1H3. The first-order valence-electron chi connectivity index (χ1n) is 4.89. The molecule has 0 atom stereocenters. The molecule has 86 valence electrons. The Hall–Kier alpha value is -1.38. The molecule has 1 aromatic carbocycles. The minimum atomic E-state index is -2.91. The summed E-state index contributed by atoms with van der Waals surface area (Å²) in [6.45, 7) is 1.00. The van der Waals surface area contributed by atoms with Gasteiger partial charge in [-0.05, 0) is 17.7 Å². The van der Waals surface area contributed by atoms with Crippen molar-refractivity contribution in [3.63, 3.8) is 0 Å². The molecule has 0 aliphatic carbocycles. The number of hydrogen-bond donors (Lipinski definition) is 1. The fourth-order valence-electron chi connectivity index (χ4n) is 1.24. The van der Waals surface area contributed by atoms with E-state index < -0.39 is 9.84 Å². The Bertz CT molecular complexity index is 489. The molecule has 0 unspecified atom stereocenters. The summed E-state index contributed by atoms with van der Waals surface area (Å²) >= 11 is 0. The van der Waals surface area contributed by atoms with Crippen LogP contribution >= 0.6 is 0 Å². The number of hydrogen-bond acceptors (Lipinski definition) is 4. The molecular weight excluding hydrogens is 224 g/mol. The maximum absolute atomic E-state index is 10.9. The highest BCUT2D eigenvalue weighted by atomic mass is 32.2. The zero-order chi connectivity index (χ0) is 12.0. The van der Waals surface area contributed by atoms with E-state index in [4.69, 9.17) is 5.26 Å². The van der Waals surface area contributed by atoms with Crippen LogP contribution in [0.4, 0.5) is 0 Å². The van der Waals surface area contributed by atoms with Crippen LogP contribution in [0.15, 0.2) is 24.3 Å². The number of nitrogens with one attached hydrogen (secondary N) is 1. The average molecular weight is 238 g/mol. The van der Waals surface area contributed by atoms with Crippen LogP contribution in [0.1, 0.15) is 11.1 Å². The van der Waals surface area contributed by atoms with Crippen LogP contribution in [0.25, 0.3) is 0 Å². The van der Waals surface area contributed by atoms with Crippen LogP contribution in [-0.4, -0.2) is 27.0 Å². The number of benzene rings is 1. The summed E-state index contributed by atoms with van der Waals surface area (Å²) in [5.74, 6) is 0.130. The highest BCUT2D eigenvalue weighted by Crippen LogP contribution is 2.03. The van der Waals surface area contributed by atoms with Crippen LogP contribution in [0.5, 0.6) is 0 Å². The molecule has 1 N–H and O–H groups in total. The minimum Gasteiger partial charge on any atom is -0.312 e. The quantitative estimate of drug-likeness (QED) is 0.766. The fourth-order valence-corrected chi connectivity index (χ4v) is 1.76.